The molecule has 0 saturated heterocycles. The van der Waals surface area contributed by atoms with Crippen molar-refractivity contribution < 1.29 is 24.2 Å². The van der Waals surface area contributed by atoms with Gasteiger partial charge in [-0.15, -0.1) is 0 Å². The second-order valence-corrected chi connectivity index (χ2v) is 7.69. The maximum Gasteiger partial charge on any atom is 0.320 e. The van der Waals surface area contributed by atoms with Gasteiger partial charge in [0.15, 0.2) is 17.5 Å². The molecule has 0 spiro atoms. The van der Waals surface area contributed by atoms with Crippen LogP contribution >= 0.6 is 0 Å². The number of hydrogen-bond donors (Lipinski definition) is 4. The van der Waals surface area contributed by atoms with E-state index in [1.165, 1.54) is 0 Å². The second kappa shape index (κ2) is 10.1. The van der Waals surface area contributed by atoms with Crippen molar-refractivity contribution in [3.63, 3.8) is 0 Å². The van der Waals surface area contributed by atoms with Crippen LogP contribution in [0.5, 0.6) is 11.5 Å². The molecule has 1 aliphatic heterocycles. The minimum atomic E-state index is -1.08. The largest absolute Gasteiger partial charge is 0.480 e. The number of carboxylic acids is 1. The Labute approximate surface area is 196 Å². The van der Waals surface area contributed by atoms with Gasteiger partial charge in [0.25, 0.3) is 5.91 Å². The highest BCUT2D eigenvalue weighted by atomic mass is 16.7. The van der Waals surface area contributed by atoms with Crippen LogP contribution < -0.4 is 26.3 Å². The maximum absolute atomic E-state index is 12.5. The Balaban J connectivity index is 1.47. The molecule has 0 fully saturated rings. The molecule has 0 aliphatic carbocycles. The Bertz CT molecular complexity index is 1230. The van der Waals surface area contributed by atoms with Gasteiger partial charge in [0.2, 0.25) is 6.79 Å². The van der Waals surface area contributed by atoms with E-state index in [1.54, 1.807) is 24.3 Å². The Morgan fingerprint density at radius 3 is 2.47 bits per heavy atom. The van der Waals surface area contributed by atoms with Gasteiger partial charge in [0, 0.05) is 17.7 Å². The zero-order chi connectivity index (χ0) is 24.1. The van der Waals surface area contributed by atoms with Gasteiger partial charge >= 0.3 is 5.97 Å². The number of nitrogens with zero attached hydrogens (tertiary/aromatic N) is 1. The highest BCUT2D eigenvalue weighted by Gasteiger charge is 2.21. The summed E-state index contributed by atoms with van der Waals surface area (Å²) in [5.41, 5.74) is 15.4. The van der Waals surface area contributed by atoms with Crippen LogP contribution in [0.15, 0.2) is 71.7 Å². The number of carbonyl (C=O) groups is 2. The summed E-state index contributed by atoms with van der Waals surface area (Å²) in [4.78, 5) is 27.3. The summed E-state index contributed by atoms with van der Waals surface area (Å²) >= 11 is 0. The highest BCUT2D eigenvalue weighted by Crippen LogP contribution is 2.41. The quantitative estimate of drug-likeness (QED) is 0.310. The van der Waals surface area contributed by atoms with E-state index >= 15 is 0 Å². The molecule has 9 nitrogen and oxygen atoms in total. The van der Waals surface area contributed by atoms with Crippen LogP contribution in [0.1, 0.15) is 21.5 Å². The van der Waals surface area contributed by atoms with Gasteiger partial charge in [-0.1, -0.05) is 48.5 Å². The maximum atomic E-state index is 12.5. The SMILES string of the molecule is N/C(=N\C(=O)c1ccc(C[C@H](N)C(=O)O)cc1)NCc1c(-c2ccccc2)ccc2c1OCO2. The molecule has 1 atom stereocenters. The molecule has 174 valence electrons. The first-order chi connectivity index (χ1) is 16.4. The van der Waals surface area contributed by atoms with E-state index in [0.717, 1.165) is 16.7 Å². The summed E-state index contributed by atoms with van der Waals surface area (Å²) in [6, 6.07) is 19.1. The van der Waals surface area contributed by atoms with Crippen LogP contribution in [-0.4, -0.2) is 35.8 Å². The van der Waals surface area contributed by atoms with Crippen LogP contribution in [0.4, 0.5) is 0 Å². The molecule has 1 heterocycles. The predicted molar refractivity (Wildman–Crippen MR) is 127 cm³/mol. The second-order valence-electron chi connectivity index (χ2n) is 7.69. The van der Waals surface area contributed by atoms with Crippen molar-refractivity contribution in [3.05, 3.63) is 83.4 Å². The fourth-order valence-electron chi connectivity index (χ4n) is 3.61. The van der Waals surface area contributed by atoms with Crippen LogP contribution in [0.3, 0.4) is 0 Å². The molecule has 1 aliphatic rings. The summed E-state index contributed by atoms with van der Waals surface area (Å²) in [6.45, 7) is 0.404. The Hall–Kier alpha value is -4.37. The lowest BCUT2D eigenvalue weighted by Crippen LogP contribution is -2.32. The fraction of sp³-hybridized carbons (Fsp3) is 0.160. The molecule has 0 radical (unpaired) electrons. The molecule has 0 saturated carbocycles. The van der Waals surface area contributed by atoms with Crippen molar-refractivity contribution in [2.24, 2.45) is 16.5 Å². The Morgan fingerprint density at radius 1 is 1.03 bits per heavy atom. The molecule has 0 aromatic heterocycles. The van der Waals surface area contributed by atoms with E-state index in [4.69, 9.17) is 26.0 Å². The molecule has 1 amide bonds. The van der Waals surface area contributed by atoms with Crippen molar-refractivity contribution >= 4 is 17.8 Å². The molecule has 3 aromatic rings. The number of carbonyl (C=O) groups excluding carboxylic acids is 1. The third kappa shape index (κ3) is 5.16. The number of aliphatic carboxylic acids is 1. The number of nitrogens with one attached hydrogen (secondary N) is 1. The van der Waals surface area contributed by atoms with Gasteiger partial charge < -0.3 is 31.4 Å². The van der Waals surface area contributed by atoms with Gasteiger partial charge in [-0.05, 0) is 41.3 Å². The fourth-order valence-corrected chi connectivity index (χ4v) is 3.61. The lowest BCUT2D eigenvalue weighted by molar-refractivity contribution is -0.138. The van der Waals surface area contributed by atoms with Crippen LogP contribution in [0.25, 0.3) is 11.1 Å². The van der Waals surface area contributed by atoms with E-state index < -0.39 is 17.9 Å². The normalized spacial score (nSPS) is 13.4. The molecule has 9 heteroatoms. The third-order valence-electron chi connectivity index (χ3n) is 5.37. The van der Waals surface area contributed by atoms with Crippen LogP contribution in [-0.2, 0) is 17.8 Å². The van der Waals surface area contributed by atoms with Gasteiger partial charge in [-0.2, -0.15) is 4.99 Å². The summed E-state index contributed by atoms with van der Waals surface area (Å²) in [5, 5.41) is 11.9. The number of benzene rings is 3. The summed E-state index contributed by atoms with van der Waals surface area (Å²) in [7, 11) is 0. The lowest BCUT2D eigenvalue weighted by Gasteiger charge is -2.14. The average molecular weight is 460 g/mol. The zero-order valence-corrected chi connectivity index (χ0v) is 18.2. The van der Waals surface area contributed by atoms with Gasteiger partial charge in [-0.3, -0.25) is 9.59 Å². The molecule has 4 rings (SSSR count). The summed E-state index contributed by atoms with van der Waals surface area (Å²) < 4.78 is 11.2. The highest BCUT2D eigenvalue weighted by molar-refractivity contribution is 6.02. The Kier molecular flexibility index (Phi) is 6.74. The molecule has 0 unspecified atom stereocenters. The number of fused-ring (bicyclic) bond motifs is 1. The molecule has 6 N–H and O–H groups in total. The van der Waals surface area contributed by atoms with Crippen LogP contribution in [0, 0.1) is 0 Å². The van der Waals surface area contributed by atoms with E-state index in [-0.39, 0.29) is 25.7 Å². The van der Waals surface area contributed by atoms with E-state index in [0.29, 0.717) is 22.6 Å². The van der Waals surface area contributed by atoms with Gasteiger partial charge in [-0.25, -0.2) is 0 Å². The minimum Gasteiger partial charge on any atom is -0.480 e. The average Bonchev–Trinajstić information content (AvgIpc) is 3.32. The van der Waals surface area contributed by atoms with Crippen molar-refractivity contribution in [1.82, 2.24) is 5.32 Å². The molecular weight excluding hydrogens is 436 g/mol. The first-order valence-corrected chi connectivity index (χ1v) is 10.6. The smallest absolute Gasteiger partial charge is 0.320 e. The van der Waals surface area contributed by atoms with E-state index in [2.05, 4.69) is 10.3 Å². The summed E-state index contributed by atoms with van der Waals surface area (Å²) in [5.74, 6) is -0.383. The lowest BCUT2D eigenvalue weighted by atomic mass is 9.98. The van der Waals surface area contributed by atoms with Gasteiger partial charge in [0.1, 0.15) is 6.04 Å². The number of rotatable bonds is 7. The minimum absolute atomic E-state index is 0.0440. The standard InChI is InChI=1S/C25H24N4O5/c26-20(24(31)32)12-15-6-8-17(9-7-15)23(30)29-25(27)28-13-19-18(16-4-2-1-3-5-16)10-11-21-22(19)34-14-33-21/h1-11,20H,12-14,26H2,(H,31,32)(H3,27,28,29,30)/t20-/m0/s1. The first kappa shape index (κ1) is 22.8. The van der Waals surface area contributed by atoms with Gasteiger partial charge in [0.05, 0.1) is 0 Å². The monoisotopic (exact) mass is 460 g/mol. The summed E-state index contributed by atoms with van der Waals surface area (Å²) in [6.07, 6.45) is 0.160. The number of hydrogen-bond acceptors (Lipinski definition) is 5. The predicted octanol–water partition coefficient (Wildman–Crippen LogP) is 2.28. The molecular formula is C25H24N4O5. The Morgan fingerprint density at radius 2 is 1.76 bits per heavy atom. The van der Waals surface area contributed by atoms with Crippen molar-refractivity contribution in [1.29, 1.82) is 0 Å². The number of guanidine groups is 1. The van der Waals surface area contributed by atoms with Crippen molar-refractivity contribution in [3.8, 4) is 22.6 Å². The third-order valence-corrected chi connectivity index (χ3v) is 5.37. The molecule has 34 heavy (non-hydrogen) atoms. The topological polar surface area (TPSA) is 149 Å². The molecule has 0 bridgehead atoms. The number of amides is 1. The number of aliphatic imine (C=N–C) groups is 1. The van der Waals surface area contributed by atoms with Crippen molar-refractivity contribution in [2.75, 3.05) is 6.79 Å². The number of ether oxygens (including phenoxy) is 2. The van der Waals surface area contributed by atoms with Crippen LogP contribution in [0.2, 0.25) is 0 Å². The van der Waals surface area contributed by atoms with Crippen molar-refractivity contribution in [2.45, 2.75) is 19.0 Å². The van der Waals surface area contributed by atoms with E-state index in [9.17, 15) is 9.59 Å². The zero-order valence-electron chi connectivity index (χ0n) is 18.2. The molecule has 3 aromatic carbocycles. The first-order valence-electron chi connectivity index (χ1n) is 10.6. The number of nitrogens with two attached hydrogens (primary N) is 2. The number of carboxylic acid groups (broad SMARTS) is 1. The van der Waals surface area contributed by atoms with E-state index in [1.807, 2.05) is 42.5 Å².